The Balaban J connectivity index is 4.37. The van der Waals surface area contributed by atoms with Crippen molar-refractivity contribution >= 4 is 5.97 Å². The number of carbonyl (C=O) groups excluding carboxylic acids is 1. The molecule has 0 heterocycles. The Bertz CT molecular complexity index is 173. The molecule has 0 radical (unpaired) electrons. The molecule has 0 aromatic heterocycles. The predicted molar refractivity (Wildman–Crippen MR) is 46.6 cm³/mol. The SMILES string of the molecule is C=CC(C)C(C)(O)C(=O)OCC. The average Bonchev–Trinajstić information content (AvgIpc) is 2.03. The maximum Gasteiger partial charge on any atom is 0.338 e. The highest BCUT2D eigenvalue weighted by atomic mass is 16.5. The van der Waals surface area contributed by atoms with Crippen molar-refractivity contribution < 1.29 is 14.6 Å². The zero-order valence-electron chi connectivity index (χ0n) is 7.83. The molecule has 0 bridgehead atoms. The van der Waals surface area contributed by atoms with Crippen molar-refractivity contribution in [3.63, 3.8) is 0 Å². The van der Waals surface area contributed by atoms with Crippen LogP contribution in [-0.2, 0) is 9.53 Å². The Kier molecular flexibility index (Phi) is 3.96. The van der Waals surface area contributed by atoms with E-state index in [1.165, 1.54) is 13.0 Å². The molecule has 0 aromatic rings. The highest BCUT2D eigenvalue weighted by Crippen LogP contribution is 2.19. The molecular weight excluding hydrogens is 156 g/mol. The van der Waals surface area contributed by atoms with Gasteiger partial charge in [-0.3, -0.25) is 0 Å². The molecule has 1 N–H and O–H groups in total. The lowest BCUT2D eigenvalue weighted by Crippen LogP contribution is -2.42. The molecule has 0 aliphatic rings. The van der Waals surface area contributed by atoms with Crippen LogP contribution >= 0.6 is 0 Å². The van der Waals surface area contributed by atoms with Crippen LogP contribution in [0.1, 0.15) is 20.8 Å². The van der Waals surface area contributed by atoms with Crippen LogP contribution in [-0.4, -0.2) is 23.3 Å². The summed E-state index contributed by atoms with van der Waals surface area (Å²) >= 11 is 0. The quantitative estimate of drug-likeness (QED) is 0.510. The van der Waals surface area contributed by atoms with Gasteiger partial charge >= 0.3 is 5.97 Å². The summed E-state index contributed by atoms with van der Waals surface area (Å²) < 4.78 is 4.69. The van der Waals surface area contributed by atoms with Crippen LogP contribution < -0.4 is 0 Å². The fourth-order valence-corrected chi connectivity index (χ4v) is 0.693. The van der Waals surface area contributed by atoms with E-state index in [1.54, 1.807) is 13.8 Å². The van der Waals surface area contributed by atoms with E-state index in [0.29, 0.717) is 0 Å². The summed E-state index contributed by atoms with van der Waals surface area (Å²) in [5, 5.41) is 9.64. The number of aliphatic hydroxyl groups is 1. The first kappa shape index (κ1) is 11.2. The standard InChI is InChI=1S/C9H16O3/c1-5-7(3)9(4,11)8(10)12-6-2/h5,7,11H,1,6H2,2-4H3. The van der Waals surface area contributed by atoms with E-state index in [0.717, 1.165) is 0 Å². The zero-order chi connectivity index (χ0) is 9.78. The Morgan fingerprint density at radius 2 is 2.33 bits per heavy atom. The molecule has 0 spiro atoms. The third kappa shape index (κ3) is 2.34. The molecule has 0 aliphatic heterocycles. The largest absolute Gasteiger partial charge is 0.464 e. The summed E-state index contributed by atoms with van der Waals surface area (Å²) in [6.45, 7) is 8.62. The van der Waals surface area contributed by atoms with Crippen LogP contribution in [0.5, 0.6) is 0 Å². The highest BCUT2D eigenvalue weighted by Gasteiger charge is 2.36. The molecule has 0 aromatic carbocycles. The third-order valence-corrected chi connectivity index (χ3v) is 1.93. The summed E-state index contributed by atoms with van der Waals surface area (Å²) in [6, 6.07) is 0. The van der Waals surface area contributed by atoms with Crippen LogP contribution in [0.4, 0.5) is 0 Å². The van der Waals surface area contributed by atoms with E-state index >= 15 is 0 Å². The monoisotopic (exact) mass is 172 g/mol. The van der Waals surface area contributed by atoms with Crippen molar-refractivity contribution in [3.05, 3.63) is 12.7 Å². The van der Waals surface area contributed by atoms with E-state index in [2.05, 4.69) is 6.58 Å². The van der Waals surface area contributed by atoms with Gasteiger partial charge < -0.3 is 9.84 Å². The second kappa shape index (κ2) is 4.26. The van der Waals surface area contributed by atoms with Crippen LogP contribution in [0, 0.1) is 5.92 Å². The van der Waals surface area contributed by atoms with Gasteiger partial charge in [-0.1, -0.05) is 13.0 Å². The van der Waals surface area contributed by atoms with Crippen LogP contribution in [0.2, 0.25) is 0 Å². The maximum absolute atomic E-state index is 11.1. The Morgan fingerprint density at radius 3 is 2.67 bits per heavy atom. The molecule has 0 saturated heterocycles. The van der Waals surface area contributed by atoms with Crippen LogP contribution in [0.15, 0.2) is 12.7 Å². The predicted octanol–water partition coefficient (Wildman–Crippen LogP) is 1.12. The Morgan fingerprint density at radius 1 is 1.83 bits per heavy atom. The molecule has 0 fully saturated rings. The molecule has 0 amide bonds. The molecule has 2 unspecified atom stereocenters. The molecule has 12 heavy (non-hydrogen) atoms. The van der Waals surface area contributed by atoms with Gasteiger partial charge in [0.2, 0.25) is 0 Å². The summed E-state index contributed by atoms with van der Waals surface area (Å²) in [6.07, 6.45) is 1.52. The Hall–Kier alpha value is -0.830. The molecule has 70 valence electrons. The summed E-state index contributed by atoms with van der Waals surface area (Å²) in [4.78, 5) is 11.1. The number of hydrogen-bond acceptors (Lipinski definition) is 3. The molecule has 3 heteroatoms. The first-order valence-electron chi connectivity index (χ1n) is 3.99. The summed E-state index contributed by atoms with van der Waals surface area (Å²) in [5.41, 5.74) is -1.46. The fraction of sp³-hybridized carbons (Fsp3) is 0.667. The lowest BCUT2D eigenvalue weighted by molar-refractivity contribution is -0.166. The van der Waals surface area contributed by atoms with E-state index in [9.17, 15) is 9.90 Å². The van der Waals surface area contributed by atoms with Gasteiger partial charge in [-0.15, -0.1) is 6.58 Å². The molecule has 3 nitrogen and oxygen atoms in total. The van der Waals surface area contributed by atoms with Gasteiger partial charge in [0.25, 0.3) is 0 Å². The van der Waals surface area contributed by atoms with E-state index in [4.69, 9.17) is 4.74 Å². The van der Waals surface area contributed by atoms with Crippen molar-refractivity contribution in [2.75, 3.05) is 6.61 Å². The van der Waals surface area contributed by atoms with Gasteiger partial charge in [0.05, 0.1) is 6.61 Å². The highest BCUT2D eigenvalue weighted by molar-refractivity contribution is 5.79. The van der Waals surface area contributed by atoms with Gasteiger partial charge in [0.1, 0.15) is 0 Å². The van der Waals surface area contributed by atoms with Crippen LogP contribution in [0.25, 0.3) is 0 Å². The van der Waals surface area contributed by atoms with Gasteiger partial charge in [-0.2, -0.15) is 0 Å². The smallest absolute Gasteiger partial charge is 0.338 e. The van der Waals surface area contributed by atoms with Crippen molar-refractivity contribution in [1.82, 2.24) is 0 Å². The van der Waals surface area contributed by atoms with E-state index in [1.807, 2.05) is 0 Å². The fourth-order valence-electron chi connectivity index (χ4n) is 0.693. The molecule has 2 atom stereocenters. The number of esters is 1. The second-order valence-electron chi connectivity index (χ2n) is 2.89. The first-order valence-corrected chi connectivity index (χ1v) is 3.99. The topological polar surface area (TPSA) is 46.5 Å². The van der Waals surface area contributed by atoms with Crippen molar-refractivity contribution in [2.24, 2.45) is 5.92 Å². The first-order chi connectivity index (χ1) is 5.46. The number of ether oxygens (including phenoxy) is 1. The lowest BCUT2D eigenvalue weighted by Gasteiger charge is -2.25. The number of carbonyl (C=O) groups is 1. The van der Waals surface area contributed by atoms with Crippen LogP contribution in [0.3, 0.4) is 0 Å². The minimum Gasteiger partial charge on any atom is -0.464 e. The molecular formula is C9H16O3. The zero-order valence-corrected chi connectivity index (χ0v) is 7.83. The minimum atomic E-state index is -1.46. The Labute approximate surface area is 73.0 Å². The molecule has 0 saturated carbocycles. The van der Waals surface area contributed by atoms with Gasteiger partial charge in [0.15, 0.2) is 5.60 Å². The van der Waals surface area contributed by atoms with Gasteiger partial charge in [-0.25, -0.2) is 4.79 Å². The third-order valence-electron chi connectivity index (χ3n) is 1.93. The van der Waals surface area contributed by atoms with Gasteiger partial charge in [0, 0.05) is 5.92 Å². The normalized spacial score (nSPS) is 17.7. The summed E-state index contributed by atoms with van der Waals surface area (Å²) in [7, 11) is 0. The summed E-state index contributed by atoms with van der Waals surface area (Å²) in [5.74, 6) is -0.908. The molecule has 0 rings (SSSR count). The van der Waals surface area contributed by atoms with E-state index < -0.39 is 11.6 Å². The van der Waals surface area contributed by atoms with Crippen molar-refractivity contribution in [3.8, 4) is 0 Å². The second-order valence-corrected chi connectivity index (χ2v) is 2.89. The number of hydrogen-bond donors (Lipinski definition) is 1. The molecule has 0 aliphatic carbocycles. The van der Waals surface area contributed by atoms with Crippen molar-refractivity contribution in [1.29, 1.82) is 0 Å². The average molecular weight is 172 g/mol. The minimum absolute atomic E-state index is 0.277. The van der Waals surface area contributed by atoms with Crippen molar-refractivity contribution in [2.45, 2.75) is 26.4 Å². The maximum atomic E-state index is 11.1. The van der Waals surface area contributed by atoms with E-state index in [-0.39, 0.29) is 12.5 Å². The van der Waals surface area contributed by atoms with Gasteiger partial charge in [-0.05, 0) is 13.8 Å². The number of rotatable bonds is 4. The lowest BCUT2D eigenvalue weighted by atomic mass is 9.91.